The number of aromatic nitrogens is 3. The summed E-state index contributed by atoms with van der Waals surface area (Å²) in [7, 11) is 0. The Balaban J connectivity index is 2.02. The van der Waals surface area contributed by atoms with Crippen molar-refractivity contribution in [2.24, 2.45) is 0 Å². The van der Waals surface area contributed by atoms with E-state index in [1.807, 2.05) is 31.2 Å². The van der Waals surface area contributed by atoms with E-state index in [0.717, 1.165) is 36.6 Å². The average molecular weight is 286 g/mol. The number of pyridine rings is 1. The Labute approximate surface area is 125 Å². The lowest BCUT2D eigenvalue weighted by Crippen LogP contribution is -2.07. The van der Waals surface area contributed by atoms with Gasteiger partial charge in [0.05, 0.1) is 18.8 Å². The lowest BCUT2D eigenvalue weighted by atomic mass is 10.3. The van der Waals surface area contributed by atoms with Crippen molar-refractivity contribution >= 4 is 5.82 Å². The van der Waals surface area contributed by atoms with Crippen LogP contribution in [0.3, 0.4) is 0 Å². The van der Waals surface area contributed by atoms with Gasteiger partial charge in [-0.05, 0) is 18.6 Å². The molecule has 21 heavy (non-hydrogen) atoms. The summed E-state index contributed by atoms with van der Waals surface area (Å²) in [5.41, 5.74) is 0.975. The molecule has 2 rings (SSSR count). The molecule has 0 amide bonds. The minimum atomic E-state index is 0.634. The maximum Gasteiger partial charge on any atom is 0.218 e. The standard InChI is InChI=1S/C16H22N4O/c1-3-5-10-21-16-11-15(19-14(4-2)20-16)18-12-13-8-6-7-9-17-13/h6-9,11H,3-5,10,12H2,1-2H3,(H,18,19,20). The first kappa shape index (κ1) is 15.2. The Kier molecular flexibility index (Phi) is 5.94. The number of nitrogens with zero attached hydrogens (tertiary/aromatic N) is 3. The molecule has 0 bridgehead atoms. The molecule has 0 radical (unpaired) electrons. The Morgan fingerprint density at radius 1 is 1.19 bits per heavy atom. The van der Waals surface area contributed by atoms with Gasteiger partial charge in [0.1, 0.15) is 11.6 Å². The van der Waals surface area contributed by atoms with Crippen molar-refractivity contribution in [1.29, 1.82) is 0 Å². The molecular weight excluding hydrogens is 264 g/mol. The third kappa shape index (κ3) is 5.02. The lowest BCUT2D eigenvalue weighted by Gasteiger charge is -2.10. The zero-order valence-corrected chi connectivity index (χ0v) is 12.7. The number of ether oxygens (including phenoxy) is 1. The smallest absolute Gasteiger partial charge is 0.218 e. The summed E-state index contributed by atoms with van der Waals surface area (Å²) in [6, 6.07) is 7.70. The number of rotatable bonds is 8. The third-order valence-electron chi connectivity index (χ3n) is 2.99. The van der Waals surface area contributed by atoms with Crippen LogP contribution in [0.15, 0.2) is 30.5 Å². The molecular formula is C16H22N4O. The van der Waals surface area contributed by atoms with Crippen molar-refractivity contribution in [3.63, 3.8) is 0 Å². The summed E-state index contributed by atoms with van der Waals surface area (Å²) < 4.78 is 5.67. The van der Waals surface area contributed by atoms with Gasteiger partial charge in [0.15, 0.2) is 0 Å². The second-order valence-electron chi connectivity index (χ2n) is 4.74. The van der Waals surface area contributed by atoms with E-state index in [-0.39, 0.29) is 0 Å². The van der Waals surface area contributed by atoms with E-state index in [1.54, 1.807) is 6.20 Å². The SMILES string of the molecule is CCCCOc1cc(NCc2ccccn2)nc(CC)n1. The van der Waals surface area contributed by atoms with Crippen molar-refractivity contribution in [3.05, 3.63) is 42.0 Å². The minimum Gasteiger partial charge on any atom is -0.478 e. The summed E-state index contributed by atoms with van der Waals surface area (Å²) in [6.45, 7) is 5.50. The van der Waals surface area contributed by atoms with E-state index in [1.165, 1.54) is 0 Å². The maximum atomic E-state index is 5.67. The van der Waals surface area contributed by atoms with Crippen molar-refractivity contribution in [2.45, 2.75) is 39.7 Å². The number of unbranched alkanes of at least 4 members (excludes halogenated alkanes) is 1. The quantitative estimate of drug-likeness (QED) is 0.755. The molecule has 0 saturated carbocycles. The Morgan fingerprint density at radius 2 is 2.10 bits per heavy atom. The Bertz CT molecular complexity index is 545. The second-order valence-corrected chi connectivity index (χ2v) is 4.74. The van der Waals surface area contributed by atoms with Crippen molar-refractivity contribution in [1.82, 2.24) is 15.0 Å². The van der Waals surface area contributed by atoms with Crippen molar-refractivity contribution in [3.8, 4) is 5.88 Å². The van der Waals surface area contributed by atoms with E-state index in [0.29, 0.717) is 19.0 Å². The second kappa shape index (κ2) is 8.19. The van der Waals surface area contributed by atoms with Crippen LogP contribution in [-0.2, 0) is 13.0 Å². The molecule has 0 spiro atoms. The van der Waals surface area contributed by atoms with Crippen LogP contribution >= 0.6 is 0 Å². The minimum absolute atomic E-state index is 0.634. The lowest BCUT2D eigenvalue weighted by molar-refractivity contribution is 0.296. The van der Waals surface area contributed by atoms with Gasteiger partial charge in [0.25, 0.3) is 0 Å². The molecule has 5 heteroatoms. The number of nitrogens with one attached hydrogen (secondary N) is 1. The van der Waals surface area contributed by atoms with Crippen LogP contribution in [0.2, 0.25) is 0 Å². The largest absolute Gasteiger partial charge is 0.478 e. The Hall–Kier alpha value is -2.17. The van der Waals surface area contributed by atoms with E-state index < -0.39 is 0 Å². The fraction of sp³-hybridized carbons (Fsp3) is 0.438. The zero-order chi connectivity index (χ0) is 14.9. The average Bonchev–Trinajstić information content (AvgIpc) is 2.54. The first-order valence-corrected chi connectivity index (χ1v) is 7.46. The fourth-order valence-corrected chi connectivity index (χ4v) is 1.80. The van der Waals surface area contributed by atoms with Gasteiger partial charge in [-0.25, -0.2) is 4.98 Å². The van der Waals surface area contributed by atoms with E-state index in [9.17, 15) is 0 Å². The molecule has 0 aliphatic rings. The normalized spacial score (nSPS) is 10.4. The summed E-state index contributed by atoms with van der Waals surface area (Å²) in [6.07, 6.45) is 4.70. The van der Waals surface area contributed by atoms with Crippen LogP contribution in [0, 0.1) is 0 Å². The van der Waals surface area contributed by atoms with Crippen LogP contribution in [0.5, 0.6) is 5.88 Å². The molecule has 5 nitrogen and oxygen atoms in total. The first-order chi connectivity index (χ1) is 10.3. The molecule has 0 aliphatic carbocycles. The molecule has 0 aliphatic heterocycles. The highest BCUT2D eigenvalue weighted by molar-refractivity contribution is 5.38. The van der Waals surface area contributed by atoms with Crippen LogP contribution in [-0.4, -0.2) is 21.6 Å². The number of aryl methyl sites for hydroxylation is 1. The third-order valence-corrected chi connectivity index (χ3v) is 2.99. The molecule has 1 N–H and O–H groups in total. The van der Waals surface area contributed by atoms with Crippen LogP contribution in [0.4, 0.5) is 5.82 Å². The molecule has 0 unspecified atom stereocenters. The molecule has 2 aromatic heterocycles. The molecule has 0 aromatic carbocycles. The topological polar surface area (TPSA) is 59.9 Å². The Morgan fingerprint density at radius 3 is 2.81 bits per heavy atom. The van der Waals surface area contributed by atoms with Gasteiger partial charge < -0.3 is 10.1 Å². The van der Waals surface area contributed by atoms with E-state index in [4.69, 9.17) is 4.74 Å². The molecule has 112 valence electrons. The first-order valence-electron chi connectivity index (χ1n) is 7.46. The van der Waals surface area contributed by atoms with Gasteiger partial charge in [-0.3, -0.25) is 4.98 Å². The maximum absolute atomic E-state index is 5.67. The number of hydrogen-bond acceptors (Lipinski definition) is 5. The summed E-state index contributed by atoms with van der Waals surface area (Å²) in [4.78, 5) is 13.1. The number of anilines is 1. The summed E-state index contributed by atoms with van der Waals surface area (Å²) in [5, 5.41) is 3.27. The summed E-state index contributed by atoms with van der Waals surface area (Å²) in [5.74, 6) is 2.20. The highest BCUT2D eigenvalue weighted by Gasteiger charge is 2.05. The molecule has 2 aromatic rings. The van der Waals surface area contributed by atoms with Crippen LogP contribution in [0.1, 0.15) is 38.2 Å². The predicted octanol–water partition coefficient (Wildman–Crippen LogP) is 3.23. The van der Waals surface area contributed by atoms with Gasteiger partial charge in [-0.1, -0.05) is 26.3 Å². The molecule has 0 fully saturated rings. The summed E-state index contributed by atoms with van der Waals surface area (Å²) >= 11 is 0. The van der Waals surface area contributed by atoms with Crippen molar-refractivity contribution in [2.75, 3.05) is 11.9 Å². The molecule has 0 atom stereocenters. The highest BCUT2D eigenvalue weighted by Crippen LogP contribution is 2.15. The molecule has 2 heterocycles. The van der Waals surface area contributed by atoms with Crippen molar-refractivity contribution < 1.29 is 4.74 Å². The van der Waals surface area contributed by atoms with E-state index >= 15 is 0 Å². The fourth-order valence-electron chi connectivity index (χ4n) is 1.80. The van der Waals surface area contributed by atoms with Gasteiger partial charge in [0, 0.05) is 18.7 Å². The molecule has 0 saturated heterocycles. The van der Waals surface area contributed by atoms with Gasteiger partial charge in [-0.15, -0.1) is 0 Å². The van der Waals surface area contributed by atoms with Crippen LogP contribution < -0.4 is 10.1 Å². The van der Waals surface area contributed by atoms with Crippen LogP contribution in [0.25, 0.3) is 0 Å². The van der Waals surface area contributed by atoms with Gasteiger partial charge in [0.2, 0.25) is 5.88 Å². The zero-order valence-electron chi connectivity index (χ0n) is 12.7. The predicted molar refractivity (Wildman–Crippen MR) is 83.4 cm³/mol. The van der Waals surface area contributed by atoms with E-state index in [2.05, 4.69) is 27.2 Å². The number of hydrogen-bond donors (Lipinski definition) is 1. The van der Waals surface area contributed by atoms with Gasteiger partial charge in [-0.2, -0.15) is 4.98 Å². The monoisotopic (exact) mass is 286 g/mol. The van der Waals surface area contributed by atoms with Gasteiger partial charge >= 0.3 is 0 Å². The highest BCUT2D eigenvalue weighted by atomic mass is 16.5.